The first-order chi connectivity index (χ1) is 9.22. The van der Waals surface area contributed by atoms with Crippen LogP contribution in [0.25, 0.3) is 0 Å². The largest absolute Gasteiger partial charge is 0.497 e. The highest BCUT2D eigenvalue weighted by molar-refractivity contribution is 9.10. The van der Waals surface area contributed by atoms with Gasteiger partial charge >= 0.3 is 0 Å². The van der Waals surface area contributed by atoms with Crippen LogP contribution in [-0.2, 0) is 5.75 Å². The number of ether oxygens (including phenoxy) is 1. The fraction of sp³-hybridized carbons (Fsp3) is 0.133. The number of nitrogens with zero attached hydrogens (tertiary/aromatic N) is 1. The van der Waals surface area contributed by atoms with E-state index in [9.17, 15) is 0 Å². The molecule has 0 unspecified atom stereocenters. The van der Waals surface area contributed by atoms with E-state index >= 15 is 0 Å². The summed E-state index contributed by atoms with van der Waals surface area (Å²) < 4.78 is 6.12. The summed E-state index contributed by atoms with van der Waals surface area (Å²) in [7, 11) is 1.66. The maximum absolute atomic E-state index is 9.08. The molecule has 2 aromatic carbocycles. The third kappa shape index (κ3) is 3.76. The number of nitriles is 1. The molecular formula is C15H12BrNOS. The van der Waals surface area contributed by atoms with E-state index in [0.29, 0.717) is 5.56 Å². The fourth-order valence-electron chi connectivity index (χ4n) is 1.59. The number of thioether (sulfide) groups is 1. The zero-order chi connectivity index (χ0) is 13.7. The SMILES string of the molecule is COc1ccc(CSc2cc(Br)ccc2C#N)cc1. The summed E-state index contributed by atoms with van der Waals surface area (Å²) in [5, 5.41) is 9.08. The van der Waals surface area contributed by atoms with Gasteiger partial charge in [-0.3, -0.25) is 0 Å². The van der Waals surface area contributed by atoms with Crippen molar-refractivity contribution < 1.29 is 4.74 Å². The average Bonchev–Trinajstić information content (AvgIpc) is 2.46. The normalized spacial score (nSPS) is 9.95. The third-order valence-electron chi connectivity index (χ3n) is 2.62. The molecule has 2 nitrogen and oxygen atoms in total. The number of hydrogen-bond acceptors (Lipinski definition) is 3. The fourth-order valence-corrected chi connectivity index (χ4v) is 3.10. The summed E-state index contributed by atoms with van der Waals surface area (Å²) in [5.74, 6) is 1.68. The molecular weight excluding hydrogens is 322 g/mol. The standard InChI is InChI=1S/C15H12BrNOS/c1-18-14-6-2-11(3-7-14)10-19-15-8-13(16)5-4-12(15)9-17/h2-8H,10H2,1H3. The highest BCUT2D eigenvalue weighted by Crippen LogP contribution is 2.29. The lowest BCUT2D eigenvalue weighted by atomic mass is 10.2. The summed E-state index contributed by atoms with van der Waals surface area (Å²) in [6.45, 7) is 0. The molecule has 0 radical (unpaired) electrons. The molecule has 0 aliphatic heterocycles. The Kier molecular flexibility index (Phi) is 4.89. The van der Waals surface area contributed by atoms with Crippen LogP contribution >= 0.6 is 27.7 Å². The molecule has 96 valence electrons. The van der Waals surface area contributed by atoms with Crippen LogP contribution in [0.2, 0.25) is 0 Å². The molecule has 0 fully saturated rings. The van der Waals surface area contributed by atoms with Gasteiger partial charge in [0, 0.05) is 15.1 Å². The quantitative estimate of drug-likeness (QED) is 0.765. The van der Waals surface area contributed by atoms with Crippen LogP contribution in [0.5, 0.6) is 5.75 Å². The molecule has 0 N–H and O–H groups in total. The van der Waals surface area contributed by atoms with Gasteiger partial charge in [0.2, 0.25) is 0 Å². The number of hydrogen-bond donors (Lipinski definition) is 0. The molecule has 0 atom stereocenters. The van der Waals surface area contributed by atoms with Crippen LogP contribution in [0.4, 0.5) is 0 Å². The van der Waals surface area contributed by atoms with Crippen LogP contribution in [-0.4, -0.2) is 7.11 Å². The molecule has 0 aliphatic rings. The first-order valence-corrected chi connectivity index (χ1v) is 7.46. The van der Waals surface area contributed by atoms with Crippen molar-refractivity contribution in [3.63, 3.8) is 0 Å². The van der Waals surface area contributed by atoms with Crippen molar-refractivity contribution in [2.75, 3.05) is 7.11 Å². The van der Waals surface area contributed by atoms with Crippen LogP contribution in [0, 0.1) is 11.3 Å². The Morgan fingerprint density at radius 1 is 1.21 bits per heavy atom. The van der Waals surface area contributed by atoms with Crippen LogP contribution in [0.3, 0.4) is 0 Å². The monoisotopic (exact) mass is 333 g/mol. The van der Waals surface area contributed by atoms with Gasteiger partial charge in [-0.15, -0.1) is 11.8 Å². The molecule has 4 heteroatoms. The van der Waals surface area contributed by atoms with Gasteiger partial charge in [-0.1, -0.05) is 28.1 Å². The van der Waals surface area contributed by atoms with Crippen LogP contribution < -0.4 is 4.74 Å². The first-order valence-electron chi connectivity index (χ1n) is 5.68. The van der Waals surface area contributed by atoms with Gasteiger partial charge in [-0.25, -0.2) is 0 Å². The molecule has 0 aromatic heterocycles. The van der Waals surface area contributed by atoms with E-state index in [-0.39, 0.29) is 0 Å². The molecule has 2 rings (SSSR count). The van der Waals surface area contributed by atoms with E-state index in [1.54, 1.807) is 18.9 Å². The van der Waals surface area contributed by atoms with Gasteiger partial charge in [0.1, 0.15) is 11.8 Å². The number of rotatable bonds is 4. The van der Waals surface area contributed by atoms with E-state index in [1.807, 2.05) is 42.5 Å². The Balaban J connectivity index is 2.09. The lowest BCUT2D eigenvalue weighted by molar-refractivity contribution is 0.414. The molecule has 0 heterocycles. The zero-order valence-electron chi connectivity index (χ0n) is 10.4. The Morgan fingerprint density at radius 2 is 1.95 bits per heavy atom. The molecule has 2 aromatic rings. The summed E-state index contributed by atoms with van der Waals surface area (Å²) in [6, 6.07) is 15.9. The van der Waals surface area contributed by atoms with Crippen molar-refractivity contribution in [1.29, 1.82) is 5.26 Å². The second-order valence-corrected chi connectivity index (χ2v) is 5.82. The number of methoxy groups -OCH3 is 1. The maximum Gasteiger partial charge on any atom is 0.118 e. The molecule has 0 saturated carbocycles. The Labute approximate surface area is 125 Å². The molecule has 0 saturated heterocycles. The Hall–Kier alpha value is -1.44. The van der Waals surface area contributed by atoms with E-state index < -0.39 is 0 Å². The van der Waals surface area contributed by atoms with Crippen molar-refractivity contribution in [2.24, 2.45) is 0 Å². The van der Waals surface area contributed by atoms with E-state index in [1.165, 1.54) is 5.56 Å². The zero-order valence-corrected chi connectivity index (χ0v) is 12.8. The Morgan fingerprint density at radius 3 is 2.58 bits per heavy atom. The minimum atomic E-state index is 0.710. The van der Waals surface area contributed by atoms with E-state index in [4.69, 9.17) is 10.00 Å². The Bertz CT molecular complexity index is 605. The van der Waals surface area contributed by atoms with Gasteiger partial charge in [0.05, 0.1) is 12.7 Å². The van der Waals surface area contributed by atoms with Crippen molar-refractivity contribution in [3.05, 3.63) is 58.1 Å². The predicted octanol–water partition coefficient (Wildman–Crippen LogP) is 4.62. The van der Waals surface area contributed by atoms with E-state index in [0.717, 1.165) is 20.9 Å². The molecule has 0 spiro atoms. The van der Waals surface area contributed by atoms with Gasteiger partial charge < -0.3 is 4.74 Å². The smallest absolute Gasteiger partial charge is 0.118 e. The van der Waals surface area contributed by atoms with Crippen LogP contribution in [0.15, 0.2) is 51.8 Å². The second kappa shape index (κ2) is 6.65. The molecule has 0 amide bonds. The summed E-state index contributed by atoms with van der Waals surface area (Å²) in [6.07, 6.45) is 0. The predicted molar refractivity (Wildman–Crippen MR) is 81.4 cm³/mol. The number of halogens is 1. The summed E-state index contributed by atoms with van der Waals surface area (Å²) >= 11 is 5.09. The lowest BCUT2D eigenvalue weighted by Crippen LogP contribution is -1.86. The topological polar surface area (TPSA) is 33.0 Å². The van der Waals surface area contributed by atoms with Crippen molar-refractivity contribution in [1.82, 2.24) is 0 Å². The molecule has 0 bridgehead atoms. The van der Waals surface area contributed by atoms with Crippen LogP contribution in [0.1, 0.15) is 11.1 Å². The second-order valence-electron chi connectivity index (χ2n) is 3.89. The van der Waals surface area contributed by atoms with Gasteiger partial charge in [-0.05, 0) is 35.9 Å². The first kappa shape index (κ1) is 14.0. The number of benzene rings is 2. The average molecular weight is 334 g/mol. The van der Waals surface area contributed by atoms with Crippen molar-refractivity contribution >= 4 is 27.7 Å². The van der Waals surface area contributed by atoms with Crippen molar-refractivity contribution in [2.45, 2.75) is 10.6 Å². The van der Waals surface area contributed by atoms with Gasteiger partial charge in [0.15, 0.2) is 0 Å². The van der Waals surface area contributed by atoms with Gasteiger partial charge in [0.25, 0.3) is 0 Å². The highest BCUT2D eigenvalue weighted by atomic mass is 79.9. The molecule has 0 aliphatic carbocycles. The summed E-state index contributed by atoms with van der Waals surface area (Å²) in [4.78, 5) is 0.993. The van der Waals surface area contributed by atoms with Crippen molar-refractivity contribution in [3.8, 4) is 11.8 Å². The minimum Gasteiger partial charge on any atom is -0.497 e. The summed E-state index contributed by atoms with van der Waals surface area (Å²) in [5.41, 5.74) is 1.91. The lowest BCUT2D eigenvalue weighted by Gasteiger charge is -2.06. The van der Waals surface area contributed by atoms with E-state index in [2.05, 4.69) is 22.0 Å². The minimum absolute atomic E-state index is 0.710. The third-order valence-corrected chi connectivity index (χ3v) is 4.24. The molecule has 19 heavy (non-hydrogen) atoms. The van der Waals surface area contributed by atoms with Gasteiger partial charge in [-0.2, -0.15) is 5.26 Å². The highest BCUT2D eigenvalue weighted by Gasteiger charge is 2.04. The maximum atomic E-state index is 9.08.